The average Bonchev–Trinajstić information content (AvgIpc) is 2.80. The molecule has 2 heterocycles. The second-order valence-corrected chi connectivity index (χ2v) is 4.02. The molecular weight excluding hydrogens is 248 g/mol. The van der Waals surface area contributed by atoms with Crippen LogP contribution in [0.25, 0.3) is 11.0 Å². The Morgan fingerprint density at radius 3 is 3.00 bits per heavy atom. The SMILES string of the molecule is COC(=O)Cn1ncc2c(/N=C\N(C)C)ncnc21. The Labute approximate surface area is 109 Å². The third-order valence-electron chi connectivity index (χ3n) is 2.33. The summed E-state index contributed by atoms with van der Waals surface area (Å²) in [6, 6.07) is 0. The van der Waals surface area contributed by atoms with Gasteiger partial charge in [-0.1, -0.05) is 0 Å². The third kappa shape index (κ3) is 2.84. The van der Waals surface area contributed by atoms with Crippen molar-refractivity contribution in [2.45, 2.75) is 6.54 Å². The summed E-state index contributed by atoms with van der Waals surface area (Å²) < 4.78 is 6.06. The quantitative estimate of drug-likeness (QED) is 0.445. The molecule has 8 heteroatoms. The Morgan fingerprint density at radius 2 is 2.32 bits per heavy atom. The maximum Gasteiger partial charge on any atom is 0.327 e. The summed E-state index contributed by atoms with van der Waals surface area (Å²) in [6.45, 7) is 0.00779. The fourth-order valence-corrected chi connectivity index (χ4v) is 1.46. The minimum Gasteiger partial charge on any atom is -0.468 e. The van der Waals surface area contributed by atoms with Gasteiger partial charge in [0.2, 0.25) is 0 Å². The van der Waals surface area contributed by atoms with Crippen molar-refractivity contribution in [3.8, 4) is 0 Å². The molecule has 0 fully saturated rings. The molecule has 2 aromatic rings. The van der Waals surface area contributed by atoms with Gasteiger partial charge in [0.1, 0.15) is 12.9 Å². The van der Waals surface area contributed by atoms with Gasteiger partial charge in [-0.3, -0.25) is 4.79 Å². The van der Waals surface area contributed by atoms with Gasteiger partial charge < -0.3 is 9.64 Å². The second-order valence-electron chi connectivity index (χ2n) is 4.02. The van der Waals surface area contributed by atoms with Crippen molar-refractivity contribution in [3.05, 3.63) is 12.5 Å². The van der Waals surface area contributed by atoms with E-state index >= 15 is 0 Å². The van der Waals surface area contributed by atoms with Gasteiger partial charge in [-0.05, 0) is 0 Å². The number of carbonyl (C=O) groups is 1. The van der Waals surface area contributed by atoms with Crippen LogP contribution >= 0.6 is 0 Å². The fraction of sp³-hybridized carbons (Fsp3) is 0.364. The average molecular weight is 262 g/mol. The molecule has 19 heavy (non-hydrogen) atoms. The van der Waals surface area contributed by atoms with Gasteiger partial charge in [-0.25, -0.2) is 19.6 Å². The highest BCUT2D eigenvalue weighted by Crippen LogP contribution is 2.20. The lowest BCUT2D eigenvalue weighted by atomic mass is 10.4. The normalized spacial score (nSPS) is 11.1. The molecule has 0 radical (unpaired) electrons. The van der Waals surface area contributed by atoms with E-state index in [-0.39, 0.29) is 12.5 Å². The van der Waals surface area contributed by atoms with Crippen molar-refractivity contribution in [2.24, 2.45) is 4.99 Å². The lowest BCUT2D eigenvalue weighted by Gasteiger charge is -2.03. The Bertz CT molecular complexity index is 619. The minimum atomic E-state index is -0.387. The number of aliphatic imine (C=N–C) groups is 1. The Balaban J connectivity index is 2.39. The number of hydrogen-bond donors (Lipinski definition) is 0. The van der Waals surface area contributed by atoms with E-state index in [4.69, 9.17) is 0 Å². The third-order valence-corrected chi connectivity index (χ3v) is 2.33. The molecule has 2 aromatic heterocycles. The molecule has 0 aliphatic heterocycles. The standard InChI is InChI=1S/C11H14N6O2/c1-16(2)7-14-10-8-4-15-17(5-9(18)19-3)11(8)13-6-12-10/h4,6-7H,5H2,1-3H3/b14-7-. The maximum absolute atomic E-state index is 11.3. The first-order chi connectivity index (χ1) is 9.11. The van der Waals surface area contributed by atoms with E-state index in [1.807, 2.05) is 14.1 Å². The van der Waals surface area contributed by atoms with Crippen LogP contribution in [0.2, 0.25) is 0 Å². The molecule has 0 aromatic carbocycles. The van der Waals surface area contributed by atoms with Gasteiger partial charge in [0.25, 0.3) is 0 Å². The molecule has 0 bridgehead atoms. The molecule has 0 atom stereocenters. The summed E-state index contributed by atoms with van der Waals surface area (Å²) in [7, 11) is 5.06. The number of methoxy groups -OCH3 is 1. The molecule has 0 aliphatic carbocycles. The van der Waals surface area contributed by atoms with Gasteiger partial charge in [-0.2, -0.15) is 5.10 Å². The molecule has 0 saturated heterocycles. The summed E-state index contributed by atoms with van der Waals surface area (Å²) in [4.78, 5) is 25.5. The number of esters is 1. The fourth-order valence-electron chi connectivity index (χ4n) is 1.46. The highest BCUT2D eigenvalue weighted by Gasteiger charge is 2.11. The van der Waals surface area contributed by atoms with Crippen LogP contribution in [-0.4, -0.2) is 58.2 Å². The van der Waals surface area contributed by atoms with E-state index in [0.29, 0.717) is 16.9 Å². The number of aromatic nitrogens is 4. The van der Waals surface area contributed by atoms with Crippen molar-refractivity contribution >= 4 is 29.2 Å². The number of hydrogen-bond acceptors (Lipinski definition) is 6. The Hall–Kier alpha value is -2.51. The van der Waals surface area contributed by atoms with Crippen LogP contribution in [0.15, 0.2) is 17.5 Å². The van der Waals surface area contributed by atoms with Crippen LogP contribution < -0.4 is 0 Å². The predicted molar refractivity (Wildman–Crippen MR) is 69.2 cm³/mol. The predicted octanol–water partition coefficient (Wildman–Crippen LogP) is 0.221. The van der Waals surface area contributed by atoms with Gasteiger partial charge in [-0.15, -0.1) is 0 Å². The first-order valence-electron chi connectivity index (χ1n) is 5.55. The molecular formula is C11H14N6O2. The highest BCUT2D eigenvalue weighted by molar-refractivity contribution is 5.86. The summed E-state index contributed by atoms with van der Waals surface area (Å²) >= 11 is 0. The van der Waals surface area contributed by atoms with E-state index < -0.39 is 0 Å². The van der Waals surface area contributed by atoms with Crippen LogP contribution in [0, 0.1) is 0 Å². The van der Waals surface area contributed by atoms with Crippen LogP contribution in [0.5, 0.6) is 0 Å². The van der Waals surface area contributed by atoms with E-state index in [0.717, 1.165) is 0 Å². The first kappa shape index (κ1) is 12.9. The van der Waals surface area contributed by atoms with E-state index in [2.05, 4.69) is 24.8 Å². The van der Waals surface area contributed by atoms with Crippen LogP contribution in [-0.2, 0) is 16.1 Å². The largest absolute Gasteiger partial charge is 0.468 e. The smallest absolute Gasteiger partial charge is 0.327 e. The number of carbonyl (C=O) groups excluding carboxylic acids is 1. The summed E-state index contributed by atoms with van der Waals surface area (Å²) in [5.41, 5.74) is 0.548. The number of rotatable bonds is 4. The zero-order valence-electron chi connectivity index (χ0n) is 10.9. The number of ether oxygens (including phenoxy) is 1. The zero-order chi connectivity index (χ0) is 13.8. The van der Waals surface area contributed by atoms with Gasteiger partial charge in [0, 0.05) is 14.1 Å². The Kier molecular flexibility index (Phi) is 3.69. The van der Waals surface area contributed by atoms with Gasteiger partial charge in [0.15, 0.2) is 11.5 Å². The molecule has 0 spiro atoms. The molecule has 8 nitrogen and oxygen atoms in total. The highest BCUT2D eigenvalue weighted by atomic mass is 16.5. The minimum absolute atomic E-state index is 0.00779. The first-order valence-corrected chi connectivity index (χ1v) is 5.55. The second kappa shape index (κ2) is 5.42. The van der Waals surface area contributed by atoms with E-state index in [1.165, 1.54) is 18.1 Å². The molecule has 0 amide bonds. The van der Waals surface area contributed by atoms with Crippen molar-refractivity contribution in [3.63, 3.8) is 0 Å². The lowest BCUT2D eigenvalue weighted by molar-refractivity contribution is -0.141. The van der Waals surface area contributed by atoms with Gasteiger partial charge in [0.05, 0.1) is 25.0 Å². The monoisotopic (exact) mass is 262 g/mol. The summed E-state index contributed by atoms with van der Waals surface area (Å²) in [6.07, 6.45) is 4.61. The topological polar surface area (TPSA) is 85.5 Å². The number of fused-ring (bicyclic) bond motifs is 1. The van der Waals surface area contributed by atoms with Gasteiger partial charge >= 0.3 is 5.97 Å². The van der Waals surface area contributed by atoms with Crippen LogP contribution in [0.3, 0.4) is 0 Å². The van der Waals surface area contributed by atoms with E-state index in [9.17, 15) is 4.79 Å². The zero-order valence-corrected chi connectivity index (χ0v) is 10.9. The Morgan fingerprint density at radius 1 is 1.53 bits per heavy atom. The molecule has 0 saturated carbocycles. The molecule has 2 rings (SSSR count). The van der Waals surface area contributed by atoms with Crippen molar-refractivity contribution in [1.82, 2.24) is 24.6 Å². The van der Waals surface area contributed by atoms with Crippen LogP contribution in [0.1, 0.15) is 0 Å². The lowest BCUT2D eigenvalue weighted by Crippen LogP contribution is -2.12. The number of nitrogens with zero attached hydrogens (tertiary/aromatic N) is 6. The molecule has 0 unspecified atom stereocenters. The van der Waals surface area contributed by atoms with Crippen molar-refractivity contribution in [1.29, 1.82) is 0 Å². The molecule has 100 valence electrons. The maximum atomic E-state index is 11.3. The molecule has 0 aliphatic rings. The summed E-state index contributed by atoms with van der Waals surface area (Å²) in [5.74, 6) is 0.122. The molecule has 0 N–H and O–H groups in total. The summed E-state index contributed by atoms with van der Waals surface area (Å²) in [5, 5.41) is 4.78. The van der Waals surface area contributed by atoms with Crippen molar-refractivity contribution in [2.75, 3.05) is 21.2 Å². The van der Waals surface area contributed by atoms with Crippen molar-refractivity contribution < 1.29 is 9.53 Å². The van der Waals surface area contributed by atoms with E-state index in [1.54, 1.807) is 17.4 Å². The van der Waals surface area contributed by atoms with Crippen LogP contribution in [0.4, 0.5) is 5.82 Å².